The molecule has 8 heteroatoms. The zero-order valence-corrected chi connectivity index (χ0v) is 6.50. The Bertz CT molecular complexity index is 117. The fraction of sp³-hybridized carbons (Fsp3) is 0. The summed E-state index contributed by atoms with van der Waals surface area (Å²) in [4.78, 5) is 0. The van der Waals surface area contributed by atoms with Gasteiger partial charge in [0, 0.05) is 0 Å². The first kappa shape index (κ1) is 8.64. The van der Waals surface area contributed by atoms with Gasteiger partial charge in [-0.25, -0.2) is 5.26 Å². The molecule has 0 aromatic carbocycles. The van der Waals surface area contributed by atoms with Gasteiger partial charge in [-0.3, -0.25) is 9.13 Å². The second-order valence-corrected chi connectivity index (χ2v) is 7.74. The van der Waals surface area contributed by atoms with E-state index >= 15 is 0 Å². The van der Waals surface area contributed by atoms with Gasteiger partial charge in [0.05, 0.1) is 0 Å². The zero-order chi connectivity index (χ0) is 6.62. The monoisotopic (exact) mass is 176 g/mol. The molecule has 48 valence electrons. The molecule has 0 aromatic rings. The fourth-order valence-electron chi connectivity index (χ4n) is 0.0614. The van der Waals surface area contributed by atoms with E-state index in [0.717, 1.165) is 0 Å². The van der Waals surface area contributed by atoms with Crippen molar-refractivity contribution in [3.8, 4) is 0 Å². The molecule has 0 saturated carbocycles. The lowest BCUT2D eigenvalue weighted by atomic mass is 14.6. The maximum absolute atomic E-state index is 10.3. The average Bonchev–Trinajstić information content (AvgIpc) is 1.67. The van der Waals surface area contributed by atoms with Crippen molar-refractivity contribution in [1.29, 1.82) is 0 Å². The molecule has 0 aromatic heterocycles. The van der Waals surface area contributed by atoms with E-state index in [1.807, 2.05) is 0 Å². The molecule has 0 amide bonds. The second kappa shape index (κ2) is 3.62. The summed E-state index contributed by atoms with van der Waals surface area (Å²) < 4.78 is 23.7. The molecular formula is H3O5P3. The van der Waals surface area contributed by atoms with Crippen molar-refractivity contribution in [3.05, 3.63) is 0 Å². The summed E-state index contributed by atoms with van der Waals surface area (Å²) in [6.45, 7) is -3.31. The lowest BCUT2D eigenvalue weighted by Crippen LogP contribution is -1.75. The second-order valence-electron chi connectivity index (χ2n) is 0.795. The van der Waals surface area contributed by atoms with Crippen LogP contribution >= 0.6 is 23.8 Å². The predicted molar refractivity (Wildman–Crippen MR) is 29.7 cm³/mol. The quantitative estimate of drug-likeness (QED) is 0.402. The van der Waals surface area contributed by atoms with Crippen molar-refractivity contribution >= 4 is 23.8 Å². The first-order chi connectivity index (χ1) is 3.62. The summed E-state index contributed by atoms with van der Waals surface area (Å²) in [6.07, 6.45) is 0. The molecule has 0 aliphatic carbocycles. The number of hydrogen-bond acceptors (Lipinski definition) is 5. The molecule has 8 heavy (non-hydrogen) atoms. The van der Waals surface area contributed by atoms with E-state index in [2.05, 4.69) is 9.71 Å². The molecule has 0 fully saturated rings. The molecule has 0 aliphatic rings. The molecule has 2 atom stereocenters. The largest absolute Gasteiger partial charge is 0.333 e. The van der Waals surface area contributed by atoms with Crippen LogP contribution in [0.25, 0.3) is 0 Å². The Morgan fingerprint density at radius 1 is 1.75 bits per heavy atom. The lowest BCUT2D eigenvalue weighted by molar-refractivity contribution is -0.437. The highest BCUT2D eigenvalue weighted by atomic mass is 32.4. The van der Waals surface area contributed by atoms with E-state index in [-0.39, 0.29) is 0 Å². The van der Waals surface area contributed by atoms with Gasteiger partial charge in [-0.05, 0) is 8.93 Å². The minimum Gasteiger partial charge on any atom is -0.273 e. The normalized spacial score (nSPS) is 18.2. The van der Waals surface area contributed by atoms with E-state index in [1.54, 1.807) is 8.93 Å². The lowest BCUT2D eigenvalue weighted by Gasteiger charge is -1.95. The fourth-order valence-corrected chi connectivity index (χ4v) is 0.471. The molecule has 0 rings (SSSR count). The third kappa shape index (κ3) is 3.62. The van der Waals surface area contributed by atoms with Gasteiger partial charge in [-0.1, -0.05) is 5.04 Å². The van der Waals surface area contributed by atoms with Crippen molar-refractivity contribution in [2.45, 2.75) is 0 Å². The molecule has 1 N–H and O–H groups in total. The van der Waals surface area contributed by atoms with Crippen LogP contribution in [0.5, 0.6) is 0 Å². The highest BCUT2D eigenvalue weighted by Gasteiger charge is 2.16. The predicted octanol–water partition coefficient (Wildman–Crippen LogP) is 1.68. The van der Waals surface area contributed by atoms with Crippen molar-refractivity contribution in [2.75, 3.05) is 0 Å². The third-order valence-electron chi connectivity index (χ3n) is 0.254. The molecular weight excluding hydrogens is 173 g/mol. The molecule has 0 heterocycles. The first-order valence-corrected chi connectivity index (χ1v) is 6.12. The van der Waals surface area contributed by atoms with Gasteiger partial charge in [0.15, 0.2) is 0 Å². The Morgan fingerprint density at radius 2 is 2.25 bits per heavy atom. The van der Waals surface area contributed by atoms with Gasteiger partial charge in [-0.15, -0.1) is 4.67 Å². The average molecular weight is 176 g/mol. The molecule has 0 saturated heterocycles. The van der Waals surface area contributed by atoms with Crippen LogP contribution in [0.4, 0.5) is 0 Å². The molecule has 0 radical (unpaired) electrons. The van der Waals surface area contributed by atoms with E-state index in [4.69, 9.17) is 5.26 Å². The van der Waals surface area contributed by atoms with Crippen LogP contribution in [0, 0.1) is 0 Å². The van der Waals surface area contributed by atoms with E-state index in [1.165, 1.54) is 0 Å². The van der Waals surface area contributed by atoms with Gasteiger partial charge in [-0.2, -0.15) is 0 Å². The van der Waals surface area contributed by atoms with Crippen LogP contribution in [0.2, 0.25) is 0 Å². The van der Waals surface area contributed by atoms with Crippen molar-refractivity contribution in [2.24, 2.45) is 0 Å². The van der Waals surface area contributed by atoms with Gasteiger partial charge < -0.3 is 0 Å². The molecule has 2 unspecified atom stereocenters. The minimum atomic E-state index is -3.31. The van der Waals surface area contributed by atoms with Crippen molar-refractivity contribution < 1.29 is 24.1 Å². The summed E-state index contributed by atoms with van der Waals surface area (Å²) in [7, 11) is 0.919. The zero-order valence-electron chi connectivity index (χ0n) is 3.55. The third-order valence-corrected chi connectivity index (χ3v) is 2.75. The minimum absolute atomic E-state index is 0.717. The van der Waals surface area contributed by atoms with Gasteiger partial charge >= 0.3 is 6.75 Å². The Hall–Kier alpha value is 0.640. The highest BCUT2D eigenvalue weighted by Crippen LogP contribution is 2.66. The summed E-state index contributed by atoms with van der Waals surface area (Å²) in [6, 6.07) is 0. The molecule has 0 bridgehead atoms. The SMILES string of the molecule is O=PP(=O)(P)OOO. The van der Waals surface area contributed by atoms with Crippen LogP contribution in [0.15, 0.2) is 0 Å². The topological polar surface area (TPSA) is 72.8 Å². The van der Waals surface area contributed by atoms with Crippen LogP contribution in [0.3, 0.4) is 0 Å². The summed E-state index contributed by atoms with van der Waals surface area (Å²) in [5.74, 6) is 0. The molecule has 5 nitrogen and oxygen atoms in total. The van der Waals surface area contributed by atoms with E-state index in [0.29, 0.717) is 0 Å². The summed E-state index contributed by atoms with van der Waals surface area (Å²) >= 11 is 0. The van der Waals surface area contributed by atoms with Crippen LogP contribution < -0.4 is 0 Å². The van der Waals surface area contributed by atoms with Gasteiger partial charge in [0.1, 0.15) is 0 Å². The highest BCUT2D eigenvalue weighted by molar-refractivity contribution is 8.46. The van der Waals surface area contributed by atoms with Crippen LogP contribution in [-0.4, -0.2) is 5.26 Å². The van der Waals surface area contributed by atoms with E-state index in [9.17, 15) is 9.13 Å². The standard InChI is InChI=1S/H3O5P3/c1-4-5-8(3,6)7-2/h1H,6H2. The van der Waals surface area contributed by atoms with E-state index < -0.39 is 14.9 Å². The van der Waals surface area contributed by atoms with Gasteiger partial charge in [0.2, 0.25) is 0 Å². The first-order valence-electron chi connectivity index (χ1n) is 1.36. The van der Waals surface area contributed by atoms with Crippen molar-refractivity contribution in [3.63, 3.8) is 0 Å². The van der Waals surface area contributed by atoms with Crippen LogP contribution in [0.1, 0.15) is 0 Å². The number of rotatable bonds is 3. The summed E-state index contributed by atoms with van der Waals surface area (Å²) in [5, 5.41) is 10.5. The molecule has 0 aliphatic heterocycles. The number of hydrogen-bond donors (Lipinski definition) is 1. The summed E-state index contributed by atoms with van der Waals surface area (Å²) in [5.41, 5.74) is 0. The maximum Gasteiger partial charge on any atom is 0.333 e. The Balaban J connectivity index is 3.73. The van der Waals surface area contributed by atoms with Crippen LogP contribution in [-0.2, 0) is 18.8 Å². The smallest absolute Gasteiger partial charge is 0.273 e. The molecule has 0 spiro atoms. The van der Waals surface area contributed by atoms with Gasteiger partial charge in [0.25, 0.3) is 8.15 Å². The Morgan fingerprint density at radius 3 is 2.38 bits per heavy atom. The van der Waals surface area contributed by atoms with Crippen molar-refractivity contribution in [1.82, 2.24) is 0 Å². The Labute approximate surface area is 48.9 Å². The Kier molecular flexibility index (Phi) is 3.91. The maximum atomic E-state index is 10.3.